The molecule has 2 atom stereocenters. The molecule has 0 aliphatic rings. The minimum absolute atomic E-state index is 0.327. The van der Waals surface area contributed by atoms with Crippen molar-refractivity contribution in [3.63, 3.8) is 0 Å². The van der Waals surface area contributed by atoms with Gasteiger partial charge in [0.05, 0.1) is 28.2 Å². The summed E-state index contributed by atoms with van der Waals surface area (Å²) in [6, 6.07) is 7.65. The summed E-state index contributed by atoms with van der Waals surface area (Å²) in [6.07, 6.45) is -0.536. The van der Waals surface area contributed by atoms with E-state index in [0.29, 0.717) is 0 Å². The van der Waals surface area contributed by atoms with Crippen molar-refractivity contribution in [1.82, 2.24) is 4.98 Å². The predicted octanol–water partition coefficient (Wildman–Crippen LogP) is 2.50. The van der Waals surface area contributed by atoms with Crippen molar-refractivity contribution in [2.75, 3.05) is 0 Å². The molecule has 3 nitrogen and oxygen atoms in total. The van der Waals surface area contributed by atoms with Gasteiger partial charge in [0.15, 0.2) is 0 Å². The lowest BCUT2D eigenvalue weighted by Gasteiger charge is -2.15. The highest BCUT2D eigenvalue weighted by atomic mass is 32.1. The molecule has 2 rings (SSSR count). The number of hydrogen-bond donors (Lipinski definition) is 2. The van der Waals surface area contributed by atoms with Crippen molar-refractivity contribution in [3.8, 4) is 10.4 Å². The molecule has 0 aliphatic carbocycles. The number of nitrogens with two attached hydrogens (primary N) is 1. The number of nitrogens with zero attached hydrogens (tertiary/aromatic N) is 1. The van der Waals surface area contributed by atoms with Crippen LogP contribution in [0.25, 0.3) is 10.4 Å². The average molecular weight is 248 g/mol. The van der Waals surface area contributed by atoms with Crippen molar-refractivity contribution in [2.24, 2.45) is 5.73 Å². The molecule has 4 heteroatoms. The fraction of sp³-hybridized carbons (Fsp3) is 0.308. The minimum Gasteiger partial charge on any atom is -0.391 e. The Labute approximate surface area is 105 Å². The van der Waals surface area contributed by atoms with Gasteiger partial charge in [0.1, 0.15) is 0 Å². The molecule has 3 N–H and O–H groups in total. The molecular formula is C13H16N2OS. The second-order valence-corrected chi connectivity index (χ2v) is 5.01. The molecule has 0 bridgehead atoms. The minimum atomic E-state index is -0.536. The van der Waals surface area contributed by atoms with E-state index in [2.05, 4.69) is 4.98 Å². The molecule has 1 aromatic carbocycles. The Bertz CT molecular complexity index is 490. The molecule has 0 fully saturated rings. The molecule has 17 heavy (non-hydrogen) atoms. The number of aliphatic hydroxyl groups is 1. The first-order chi connectivity index (χ1) is 8.09. The number of aryl methyl sites for hydroxylation is 1. The topological polar surface area (TPSA) is 59.1 Å². The van der Waals surface area contributed by atoms with Crippen LogP contribution < -0.4 is 5.73 Å². The average Bonchev–Trinajstić information content (AvgIpc) is 2.74. The maximum absolute atomic E-state index is 9.44. The maximum atomic E-state index is 9.44. The van der Waals surface area contributed by atoms with Crippen LogP contribution in [-0.2, 0) is 0 Å². The van der Waals surface area contributed by atoms with Gasteiger partial charge in [0.2, 0.25) is 0 Å². The predicted molar refractivity (Wildman–Crippen MR) is 70.9 cm³/mol. The lowest BCUT2D eigenvalue weighted by atomic mass is 10.0. The zero-order valence-electron chi connectivity index (χ0n) is 9.92. The van der Waals surface area contributed by atoms with E-state index in [4.69, 9.17) is 5.73 Å². The van der Waals surface area contributed by atoms with Gasteiger partial charge in [-0.15, -0.1) is 11.3 Å². The van der Waals surface area contributed by atoms with Crippen molar-refractivity contribution >= 4 is 11.3 Å². The van der Waals surface area contributed by atoms with Gasteiger partial charge >= 0.3 is 0 Å². The summed E-state index contributed by atoms with van der Waals surface area (Å²) in [5.41, 5.74) is 10.9. The van der Waals surface area contributed by atoms with Crippen LogP contribution in [0.5, 0.6) is 0 Å². The molecule has 0 saturated heterocycles. The quantitative estimate of drug-likeness (QED) is 0.877. The van der Waals surface area contributed by atoms with Crippen LogP contribution in [0.4, 0.5) is 0 Å². The Hall–Kier alpha value is -1.23. The van der Waals surface area contributed by atoms with Crippen LogP contribution in [-0.4, -0.2) is 16.2 Å². The van der Waals surface area contributed by atoms with Crippen molar-refractivity contribution in [1.29, 1.82) is 0 Å². The Morgan fingerprint density at radius 1 is 1.29 bits per heavy atom. The van der Waals surface area contributed by atoms with Crippen LogP contribution in [0.1, 0.15) is 24.2 Å². The first-order valence-electron chi connectivity index (χ1n) is 5.53. The SMILES string of the molecule is Cc1ncsc1-c1ccc([C@@H](N)[C@H](C)O)cc1. The van der Waals surface area contributed by atoms with E-state index < -0.39 is 6.10 Å². The number of rotatable bonds is 3. The van der Waals surface area contributed by atoms with E-state index in [1.54, 1.807) is 18.3 Å². The highest BCUT2D eigenvalue weighted by Gasteiger charge is 2.12. The zero-order valence-corrected chi connectivity index (χ0v) is 10.7. The Kier molecular flexibility index (Phi) is 3.57. The van der Waals surface area contributed by atoms with E-state index in [-0.39, 0.29) is 6.04 Å². The monoisotopic (exact) mass is 248 g/mol. The normalized spacial score (nSPS) is 14.6. The fourth-order valence-corrected chi connectivity index (χ4v) is 2.53. The largest absolute Gasteiger partial charge is 0.391 e. The van der Waals surface area contributed by atoms with E-state index in [1.165, 1.54) is 4.88 Å². The lowest BCUT2D eigenvalue weighted by molar-refractivity contribution is 0.164. The van der Waals surface area contributed by atoms with E-state index in [1.807, 2.05) is 36.7 Å². The Morgan fingerprint density at radius 3 is 2.41 bits per heavy atom. The van der Waals surface area contributed by atoms with Gasteiger partial charge < -0.3 is 10.8 Å². The molecule has 90 valence electrons. The number of aliphatic hydroxyl groups excluding tert-OH is 1. The van der Waals surface area contributed by atoms with Gasteiger partial charge in [0.25, 0.3) is 0 Å². The molecule has 0 saturated carbocycles. The van der Waals surface area contributed by atoms with Gasteiger partial charge in [-0.3, -0.25) is 0 Å². The molecule has 0 amide bonds. The van der Waals surface area contributed by atoms with E-state index >= 15 is 0 Å². The summed E-state index contributed by atoms with van der Waals surface area (Å²) in [7, 11) is 0. The lowest BCUT2D eigenvalue weighted by Crippen LogP contribution is -2.22. The van der Waals surface area contributed by atoms with Gasteiger partial charge in [0, 0.05) is 0 Å². The highest BCUT2D eigenvalue weighted by molar-refractivity contribution is 7.13. The van der Waals surface area contributed by atoms with E-state index in [9.17, 15) is 5.11 Å². The third kappa shape index (κ3) is 2.54. The summed E-state index contributed by atoms with van der Waals surface area (Å²) in [5.74, 6) is 0. The molecule has 0 aliphatic heterocycles. The van der Waals surface area contributed by atoms with E-state index in [0.717, 1.165) is 16.8 Å². The molecule has 1 aromatic heterocycles. The number of hydrogen-bond acceptors (Lipinski definition) is 4. The van der Waals surface area contributed by atoms with Gasteiger partial charge in [-0.2, -0.15) is 0 Å². The molecule has 0 radical (unpaired) electrons. The Balaban J connectivity index is 2.28. The fourth-order valence-electron chi connectivity index (χ4n) is 1.71. The first kappa shape index (κ1) is 12.2. The smallest absolute Gasteiger partial charge is 0.0801 e. The summed E-state index contributed by atoms with van der Waals surface area (Å²) in [5, 5.41) is 9.44. The van der Waals surface area contributed by atoms with Crippen molar-refractivity contribution in [2.45, 2.75) is 26.0 Å². The van der Waals surface area contributed by atoms with Crippen LogP contribution >= 0.6 is 11.3 Å². The van der Waals surface area contributed by atoms with Crippen molar-refractivity contribution < 1.29 is 5.11 Å². The van der Waals surface area contributed by atoms with Gasteiger partial charge in [-0.05, 0) is 25.0 Å². The van der Waals surface area contributed by atoms with Gasteiger partial charge in [-0.25, -0.2) is 4.98 Å². The molecule has 0 unspecified atom stereocenters. The number of thiazole rings is 1. The van der Waals surface area contributed by atoms with Gasteiger partial charge in [-0.1, -0.05) is 24.3 Å². The third-order valence-corrected chi connectivity index (χ3v) is 3.80. The zero-order chi connectivity index (χ0) is 12.4. The summed E-state index contributed by atoms with van der Waals surface area (Å²) < 4.78 is 0. The molecule has 0 spiro atoms. The second kappa shape index (κ2) is 4.96. The summed E-state index contributed by atoms with van der Waals surface area (Å²) >= 11 is 1.63. The van der Waals surface area contributed by atoms with Crippen molar-refractivity contribution in [3.05, 3.63) is 41.0 Å². The number of aromatic nitrogens is 1. The van der Waals surface area contributed by atoms with Crippen LogP contribution in [0.3, 0.4) is 0 Å². The van der Waals surface area contributed by atoms with Crippen LogP contribution in [0.2, 0.25) is 0 Å². The summed E-state index contributed by atoms with van der Waals surface area (Å²) in [6.45, 7) is 3.70. The first-order valence-corrected chi connectivity index (χ1v) is 6.41. The third-order valence-electron chi connectivity index (χ3n) is 2.82. The van der Waals surface area contributed by atoms with Crippen LogP contribution in [0, 0.1) is 6.92 Å². The standard InChI is InChI=1S/C13H16N2OS/c1-8-13(17-7-15-8)11-5-3-10(4-6-11)12(14)9(2)16/h3-7,9,12,16H,14H2,1-2H3/t9-,12-/m0/s1. The second-order valence-electron chi connectivity index (χ2n) is 4.16. The Morgan fingerprint density at radius 2 is 1.94 bits per heavy atom. The molecular weight excluding hydrogens is 232 g/mol. The number of benzene rings is 1. The van der Waals surface area contributed by atoms with Crippen LogP contribution in [0.15, 0.2) is 29.8 Å². The molecule has 1 heterocycles. The summed E-state index contributed by atoms with van der Waals surface area (Å²) in [4.78, 5) is 5.42. The highest BCUT2D eigenvalue weighted by Crippen LogP contribution is 2.28. The maximum Gasteiger partial charge on any atom is 0.0801 e. The molecule has 2 aromatic rings.